The molecular weight excluding hydrogens is 288 g/mol. The molecule has 0 spiro atoms. The Morgan fingerprint density at radius 2 is 1.96 bits per heavy atom. The van der Waals surface area contributed by atoms with Gasteiger partial charge in [-0.15, -0.1) is 0 Å². The van der Waals surface area contributed by atoms with Crippen molar-refractivity contribution < 1.29 is 9.90 Å². The van der Waals surface area contributed by atoms with Gasteiger partial charge in [0.15, 0.2) is 0 Å². The normalized spacial score (nSPS) is 17.3. The van der Waals surface area contributed by atoms with Crippen LogP contribution in [-0.4, -0.2) is 35.7 Å². The summed E-state index contributed by atoms with van der Waals surface area (Å²) in [5.74, 6) is 0.863. The van der Waals surface area contributed by atoms with E-state index < -0.39 is 0 Å². The summed E-state index contributed by atoms with van der Waals surface area (Å²) in [6.07, 6.45) is 2.72. The van der Waals surface area contributed by atoms with Crippen LogP contribution in [0.1, 0.15) is 50.3 Å². The van der Waals surface area contributed by atoms with Crippen molar-refractivity contribution in [2.45, 2.75) is 46.1 Å². The molecule has 1 aliphatic heterocycles. The van der Waals surface area contributed by atoms with Crippen molar-refractivity contribution >= 4 is 6.03 Å². The summed E-state index contributed by atoms with van der Waals surface area (Å²) >= 11 is 0. The molecule has 1 aromatic carbocycles. The second kappa shape index (κ2) is 8.34. The van der Waals surface area contributed by atoms with Gasteiger partial charge >= 0.3 is 6.03 Å². The van der Waals surface area contributed by atoms with Crippen molar-refractivity contribution in [3.05, 3.63) is 35.4 Å². The van der Waals surface area contributed by atoms with Gasteiger partial charge in [0.2, 0.25) is 0 Å². The van der Waals surface area contributed by atoms with Gasteiger partial charge in [0.25, 0.3) is 0 Å². The Morgan fingerprint density at radius 3 is 2.52 bits per heavy atom. The van der Waals surface area contributed by atoms with E-state index in [4.69, 9.17) is 0 Å². The molecule has 1 unspecified atom stereocenters. The zero-order valence-corrected chi connectivity index (χ0v) is 14.6. The first-order valence-electron chi connectivity index (χ1n) is 8.73. The summed E-state index contributed by atoms with van der Waals surface area (Å²) < 4.78 is 0. The van der Waals surface area contributed by atoms with E-state index in [1.807, 2.05) is 17.0 Å². The molecule has 1 fully saturated rings. The zero-order chi connectivity index (χ0) is 16.8. The summed E-state index contributed by atoms with van der Waals surface area (Å²) in [7, 11) is 0. The number of hydrogen-bond donors (Lipinski definition) is 2. The third-order valence-corrected chi connectivity index (χ3v) is 4.73. The van der Waals surface area contributed by atoms with Crippen LogP contribution in [0.4, 0.5) is 4.79 Å². The fraction of sp³-hybridized carbons (Fsp3) is 0.632. The molecule has 1 saturated heterocycles. The third-order valence-electron chi connectivity index (χ3n) is 4.73. The minimum atomic E-state index is 0.0234. The topological polar surface area (TPSA) is 52.6 Å². The minimum absolute atomic E-state index is 0.0234. The molecule has 2 amide bonds. The first-order chi connectivity index (χ1) is 11.0. The molecule has 1 atom stereocenters. The van der Waals surface area contributed by atoms with E-state index in [0.29, 0.717) is 11.8 Å². The molecule has 4 heteroatoms. The van der Waals surface area contributed by atoms with Gasteiger partial charge in [-0.2, -0.15) is 0 Å². The Kier molecular flexibility index (Phi) is 6.46. The van der Waals surface area contributed by atoms with E-state index in [1.165, 1.54) is 11.1 Å². The second-order valence-electron chi connectivity index (χ2n) is 7.10. The molecule has 2 rings (SSSR count). The van der Waals surface area contributed by atoms with Gasteiger partial charge in [-0.25, -0.2) is 4.79 Å². The van der Waals surface area contributed by atoms with Crippen LogP contribution in [0.5, 0.6) is 0 Å². The largest absolute Gasteiger partial charge is 0.396 e. The summed E-state index contributed by atoms with van der Waals surface area (Å²) in [5.41, 5.74) is 2.43. The number of aliphatic hydroxyl groups is 1. The average molecular weight is 318 g/mol. The maximum Gasteiger partial charge on any atom is 0.317 e. The third kappa shape index (κ3) is 4.96. The highest BCUT2D eigenvalue weighted by atomic mass is 16.3. The van der Waals surface area contributed by atoms with Crippen LogP contribution in [0.2, 0.25) is 0 Å². The van der Waals surface area contributed by atoms with Crippen molar-refractivity contribution in [3.63, 3.8) is 0 Å². The summed E-state index contributed by atoms with van der Waals surface area (Å²) in [4.78, 5) is 14.5. The number of hydrogen-bond acceptors (Lipinski definition) is 2. The lowest BCUT2D eigenvalue weighted by Gasteiger charge is -2.33. The van der Waals surface area contributed by atoms with Crippen LogP contribution < -0.4 is 5.32 Å². The van der Waals surface area contributed by atoms with Crippen LogP contribution in [0, 0.1) is 18.8 Å². The van der Waals surface area contributed by atoms with E-state index in [1.54, 1.807) is 0 Å². The summed E-state index contributed by atoms with van der Waals surface area (Å²) in [5, 5.41) is 12.5. The number of aryl methyl sites for hydroxylation is 1. The molecule has 0 saturated carbocycles. The number of nitrogens with one attached hydrogen (secondary N) is 1. The first-order valence-corrected chi connectivity index (χ1v) is 8.73. The number of piperidine rings is 1. The van der Waals surface area contributed by atoms with Gasteiger partial charge in [-0.05, 0) is 49.1 Å². The van der Waals surface area contributed by atoms with Crippen LogP contribution in [0.3, 0.4) is 0 Å². The zero-order valence-electron chi connectivity index (χ0n) is 14.6. The van der Waals surface area contributed by atoms with E-state index in [0.717, 1.165) is 32.4 Å². The highest BCUT2D eigenvalue weighted by molar-refractivity contribution is 5.75. The molecule has 128 valence electrons. The average Bonchev–Trinajstić information content (AvgIpc) is 2.54. The number of benzene rings is 1. The smallest absolute Gasteiger partial charge is 0.317 e. The predicted octanol–water partition coefficient (Wildman–Crippen LogP) is 3.50. The second-order valence-corrected chi connectivity index (χ2v) is 7.10. The molecule has 4 nitrogen and oxygen atoms in total. The number of carbonyl (C=O) groups excluding carboxylic acids is 1. The summed E-state index contributed by atoms with van der Waals surface area (Å²) in [6.45, 7) is 8.17. The molecule has 1 heterocycles. The maximum absolute atomic E-state index is 12.6. The van der Waals surface area contributed by atoms with Crippen LogP contribution in [0.25, 0.3) is 0 Å². The number of nitrogens with zero attached hydrogens (tertiary/aromatic N) is 1. The van der Waals surface area contributed by atoms with Gasteiger partial charge in [0.1, 0.15) is 0 Å². The molecule has 0 bridgehead atoms. The number of rotatable bonds is 5. The van der Waals surface area contributed by atoms with Crippen LogP contribution in [-0.2, 0) is 0 Å². The molecule has 0 aromatic heterocycles. The van der Waals surface area contributed by atoms with Crippen molar-refractivity contribution in [1.29, 1.82) is 0 Å². The first kappa shape index (κ1) is 17.8. The van der Waals surface area contributed by atoms with Gasteiger partial charge < -0.3 is 15.3 Å². The monoisotopic (exact) mass is 318 g/mol. The highest BCUT2D eigenvalue weighted by Crippen LogP contribution is 2.25. The Bertz CT molecular complexity index is 508. The minimum Gasteiger partial charge on any atom is -0.396 e. The SMILES string of the molecule is Cc1ccccc1C(CC(C)C)NC(=O)N1CCC(CO)CC1. The molecule has 0 aliphatic carbocycles. The fourth-order valence-electron chi connectivity index (χ4n) is 3.27. The van der Waals surface area contributed by atoms with Gasteiger partial charge in [0.05, 0.1) is 6.04 Å². The quantitative estimate of drug-likeness (QED) is 0.873. The van der Waals surface area contributed by atoms with E-state index in [-0.39, 0.29) is 18.7 Å². The standard InChI is InChI=1S/C19H30N2O2/c1-14(2)12-18(17-7-5-4-6-15(17)3)20-19(23)21-10-8-16(13-22)9-11-21/h4-7,14,16,18,22H,8-13H2,1-3H3,(H,20,23). The number of carbonyl (C=O) groups is 1. The molecule has 1 aromatic rings. The number of urea groups is 1. The lowest BCUT2D eigenvalue weighted by Crippen LogP contribution is -2.46. The van der Waals surface area contributed by atoms with E-state index in [9.17, 15) is 9.90 Å². The van der Waals surface area contributed by atoms with Crippen molar-refractivity contribution in [2.24, 2.45) is 11.8 Å². The Morgan fingerprint density at radius 1 is 1.30 bits per heavy atom. The van der Waals surface area contributed by atoms with E-state index in [2.05, 4.69) is 38.2 Å². The number of likely N-dealkylation sites (tertiary alicyclic amines) is 1. The Hall–Kier alpha value is -1.55. The number of aliphatic hydroxyl groups excluding tert-OH is 1. The van der Waals surface area contributed by atoms with E-state index >= 15 is 0 Å². The lowest BCUT2D eigenvalue weighted by molar-refractivity contribution is 0.135. The maximum atomic E-state index is 12.6. The molecular formula is C19H30N2O2. The predicted molar refractivity (Wildman–Crippen MR) is 93.3 cm³/mol. The van der Waals surface area contributed by atoms with Gasteiger partial charge in [-0.1, -0.05) is 38.1 Å². The molecule has 23 heavy (non-hydrogen) atoms. The van der Waals surface area contributed by atoms with Crippen molar-refractivity contribution in [3.8, 4) is 0 Å². The van der Waals surface area contributed by atoms with Crippen LogP contribution >= 0.6 is 0 Å². The summed E-state index contributed by atoms with van der Waals surface area (Å²) in [6, 6.07) is 8.36. The van der Waals surface area contributed by atoms with Gasteiger partial charge in [0, 0.05) is 19.7 Å². The van der Waals surface area contributed by atoms with Crippen molar-refractivity contribution in [1.82, 2.24) is 10.2 Å². The highest BCUT2D eigenvalue weighted by Gasteiger charge is 2.25. The lowest BCUT2D eigenvalue weighted by atomic mass is 9.94. The Balaban J connectivity index is 2.03. The molecule has 0 radical (unpaired) electrons. The number of amides is 2. The molecule has 2 N–H and O–H groups in total. The van der Waals surface area contributed by atoms with Crippen LogP contribution in [0.15, 0.2) is 24.3 Å². The van der Waals surface area contributed by atoms with Crippen molar-refractivity contribution in [2.75, 3.05) is 19.7 Å². The van der Waals surface area contributed by atoms with Gasteiger partial charge in [-0.3, -0.25) is 0 Å². The Labute approximate surface area is 139 Å². The molecule has 1 aliphatic rings. The fourth-order valence-corrected chi connectivity index (χ4v) is 3.27.